The van der Waals surface area contributed by atoms with Crippen LogP contribution in [0.1, 0.15) is 33.4 Å². The standard InChI is InChI=1S/C34H17N4O5P.C8H4N2/c35-18-24-10-12-30(16-26(24)20-37)41-28-6-1-4-22(14-28)32-8-3-9-33(43-44(39)40)34(32)23-5-2-7-29(15-23)42-31-13-11-25(19-36)27(17-31)21-38;9-5-7-3-1-2-4-8(7)6-10/h1-17H;1-4H/p+1. The van der Waals surface area contributed by atoms with E-state index in [1.165, 1.54) is 24.3 Å². The minimum atomic E-state index is -2.98. The van der Waals surface area contributed by atoms with E-state index in [1.807, 2.05) is 48.5 Å². The van der Waals surface area contributed by atoms with Crippen LogP contribution in [0.5, 0.6) is 28.7 Å². The summed E-state index contributed by atoms with van der Waals surface area (Å²) in [6.45, 7) is 0. The highest BCUT2D eigenvalue weighted by Gasteiger charge is 2.22. The molecule has 54 heavy (non-hydrogen) atoms. The molecule has 0 aliphatic rings. The molecule has 6 aromatic carbocycles. The van der Waals surface area contributed by atoms with Gasteiger partial charge in [-0.1, -0.05) is 48.5 Å². The van der Waals surface area contributed by atoms with E-state index in [0.717, 1.165) is 0 Å². The average Bonchev–Trinajstić information content (AvgIpc) is 3.20. The summed E-state index contributed by atoms with van der Waals surface area (Å²) < 4.78 is 29.1. The van der Waals surface area contributed by atoms with Crippen molar-refractivity contribution in [3.8, 4) is 87.4 Å². The lowest BCUT2D eigenvalue weighted by atomic mass is 9.93. The second-order valence-corrected chi connectivity index (χ2v) is 11.6. The van der Waals surface area contributed by atoms with Crippen LogP contribution in [0.2, 0.25) is 0 Å². The summed E-state index contributed by atoms with van der Waals surface area (Å²) in [4.78, 5) is 9.62. The molecule has 254 valence electrons. The molecule has 0 saturated heterocycles. The lowest BCUT2D eigenvalue weighted by Gasteiger charge is -2.15. The molecule has 0 aliphatic carbocycles. The number of nitriles is 6. The zero-order valence-electron chi connectivity index (χ0n) is 27.8. The minimum absolute atomic E-state index is 0.158. The number of benzene rings is 6. The first-order valence-electron chi connectivity index (χ1n) is 15.6. The topological polar surface area (TPSA) is 208 Å². The van der Waals surface area contributed by atoms with Crippen LogP contribution in [0, 0.1) is 68.0 Å². The molecule has 0 saturated carbocycles. The Morgan fingerprint density at radius 2 is 0.870 bits per heavy atom. The summed E-state index contributed by atoms with van der Waals surface area (Å²) in [5.41, 5.74) is 4.19. The molecule has 12 heteroatoms. The van der Waals surface area contributed by atoms with Crippen molar-refractivity contribution < 1.29 is 23.5 Å². The van der Waals surface area contributed by atoms with E-state index in [2.05, 4.69) is 0 Å². The van der Waals surface area contributed by atoms with Crippen LogP contribution in [-0.4, -0.2) is 4.89 Å². The quantitative estimate of drug-likeness (QED) is 0.146. The van der Waals surface area contributed by atoms with E-state index in [-0.39, 0.29) is 28.0 Å². The second kappa shape index (κ2) is 17.6. The normalized spacial score (nSPS) is 9.87. The fourth-order valence-corrected chi connectivity index (χ4v) is 5.50. The van der Waals surface area contributed by atoms with Crippen LogP contribution in [-0.2, 0) is 4.57 Å². The van der Waals surface area contributed by atoms with Gasteiger partial charge < -0.3 is 9.47 Å². The predicted molar refractivity (Wildman–Crippen MR) is 196 cm³/mol. The molecule has 0 spiro atoms. The summed E-state index contributed by atoms with van der Waals surface area (Å²) in [6.07, 6.45) is 0. The van der Waals surface area contributed by atoms with Gasteiger partial charge in [0.2, 0.25) is 0 Å². The van der Waals surface area contributed by atoms with E-state index >= 15 is 0 Å². The lowest BCUT2D eigenvalue weighted by Crippen LogP contribution is -1.93. The lowest BCUT2D eigenvalue weighted by molar-refractivity contribution is 0.411. The summed E-state index contributed by atoms with van der Waals surface area (Å²) in [5.74, 6) is 1.75. The van der Waals surface area contributed by atoms with Crippen molar-refractivity contribution in [2.75, 3.05) is 0 Å². The van der Waals surface area contributed by atoms with Gasteiger partial charge in [-0.05, 0) is 95.6 Å². The third-order valence-electron chi connectivity index (χ3n) is 7.57. The van der Waals surface area contributed by atoms with Gasteiger partial charge >= 0.3 is 8.25 Å². The molecule has 1 atom stereocenters. The SMILES string of the molecule is N#Cc1ccc(Oc2cccc(-c3cccc(O[P+](=O)O)c3-c3cccc(Oc4ccc(C#N)c(C#N)c4)c3)c2)cc1C#N.N#Cc1ccccc1C#N. The fourth-order valence-electron chi connectivity index (χ4n) is 5.18. The molecule has 0 radical (unpaired) electrons. The third-order valence-corrected chi connectivity index (χ3v) is 7.93. The maximum absolute atomic E-state index is 11.8. The number of hydrogen-bond acceptors (Lipinski definition) is 10. The predicted octanol–water partition coefficient (Wildman–Crippen LogP) is 9.55. The van der Waals surface area contributed by atoms with Gasteiger partial charge in [-0.3, -0.25) is 0 Å². The fraction of sp³-hybridized carbons (Fsp3) is 0. The molecule has 1 unspecified atom stereocenters. The Morgan fingerprint density at radius 3 is 1.35 bits per heavy atom. The van der Waals surface area contributed by atoms with Gasteiger partial charge in [0.25, 0.3) is 0 Å². The van der Waals surface area contributed by atoms with Crippen LogP contribution in [0.3, 0.4) is 0 Å². The Morgan fingerprint density at radius 1 is 0.444 bits per heavy atom. The first kappa shape index (κ1) is 37.0. The molecule has 0 heterocycles. The Bertz CT molecular complexity index is 2640. The molecule has 0 bridgehead atoms. The summed E-state index contributed by atoms with van der Waals surface area (Å²) in [6, 6.07) is 46.9. The van der Waals surface area contributed by atoms with Crippen molar-refractivity contribution >= 4 is 8.25 Å². The van der Waals surface area contributed by atoms with Gasteiger partial charge in [-0.25, -0.2) is 4.52 Å². The van der Waals surface area contributed by atoms with E-state index < -0.39 is 8.25 Å². The first-order valence-corrected chi connectivity index (χ1v) is 16.7. The zero-order valence-corrected chi connectivity index (χ0v) is 28.7. The Labute approximate surface area is 310 Å². The third kappa shape index (κ3) is 8.89. The van der Waals surface area contributed by atoms with Crippen LogP contribution >= 0.6 is 8.25 Å². The maximum atomic E-state index is 11.8. The van der Waals surface area contributed by atoms with Crippen molar-refractivity contribution in [3.05, 3.63) is 161 Å². The zero-order chi connectivity index (χ0) is 38.5. The van der Waals surface area contributed by atoms with Gasteiger partial charge in [-0.15, -0.1) is 4.89 Å². The molecular weight excluding hydrogens is 699 g/mol. The van der Waals surface area contributed by atoms with Crippen molar-refractivity contribution in [1.29, 1.82) is 31.6 Å². The smallest absolute Gasteiger partial charge is 0.457 e. The van der Waals surface area contributed by atoms with Gasteiger partial charge in [-0.2, -0.15) is 31.6 Å². The van der Waals surface area contributed by atoms with E-state index in [0.29, 0.717) is 56.4 Å². The summed E-state index contributed by atoms with van der Waals surface area (Å²) in [5, 5.41) is 54.1. The van der Waals surface area contributed by atoms with Crippen LogP contribution < -0.4 is 14.0 Å². The highest BCUT2D eigenvalue weighted by Crippen LogP contribution is 2.44. The second-order valence-electron chi connectivity index (χ2n) is 10.9. The highest BCUT2D eigenvalue weighted by molar-refractivity contribution is 7.32. The molecule has 0 aliphatic heterocycles. The number of ether oxygens (including phenoxy) is 2. The number of rotatable bonds is 8. The number of nitrogens with zero attached hydrogens (tertiary/aromatic N) is 6. The van der Waals surface area contributed by atoms with Crippen molar-refractivity contribution in [2.45, 2.75) is 0 Å². The van der Waals surface area contributed by atoms with Crippen molar-refractivity contribution in [1.82, 2.24) is 0 Å². The molecular formula is C42H22N6O5P+. The van der Waals surface area contributed by atoms with Crippen LogP contribution in [0.25, 0.3) is 22.3 Å². The Hall–Kier alpha value is -8.28. The minimum Gasteiger partial charge on any atom is -0.457 e. The largest absolute Gasteiger partial charge is 0.747 e. The van der Waals surface area contributed by atoms with Gasteiger partial charge in [0.1, 0.15) is 59.4 Å². The Kier molecular flexibility index (Phi) is 12.0. The molecule has 1 N–H and O–H groups in total. The molecule has 0 amide bonds. The maximum Gasteiger partial charge on any atom is 0.747 e. The van der Waals surface area contributed by atoms with Crippen LogP contribution in [0.15, 0.2) is 127 Å². The van der Waals surface area contributed by atoms with Gasteiger partial charge in [0.15, 0.2) is 5.75 Å². The van der Waals surface area contributed by atoms with Crippen molar-refractivity contribution in [3.63, 3.8) is 0 Å². The van der Waals surface area contributed by atoms with Crippen molar-refractivity contribution in [2.24, 2.45) is 0 Å². The van der Waals surface area contributed by atoms with E-state index in [9.17, 15) is 30.5 Å². The Balaban J connectivity index is 0.000000486. The van der Waals surface area contributed by atoms with Gasteiger partial charge in [0, 0.05) is 10.1 Å². The number of hydrogen-bond donors (Lipinski definition) is 1. The van der Waals surface area contributed by atoms with Gasteiger partial charge in [0.05, 0.1) is 33.4 Å². The molecule has 6 aromatic rings. The average molecular weight is 722 g/mol. The summed E-state index contributed by atoms with van der Waals surface area (Å²) >= 11 is 0. The molecule has 11 nitrogen and oxygen atoms in total. The highest BCUT2D eigenvalue weighted by atomic mass is 31.1. The van der Waals surface area contributed by atoms with Crippen LogP contribution in [0.4, 0.5) is 0 Å². The van der Waals surface area contributed by atoms with E-state index in [1.54, 1.807) is 91.0 Å². The monoisotopic (exact) mass is 721 g/mol. The first-order chi connectivity index (χ1) is 26.3. The molecule has 0 fully saturated rings. The van der Waals surface area contributed by atoms with E-state index in [4.69, 9.17) is 24.5 Å². The summed E-state index contributed by atoms with van der Waals surface area (Å²) in [7, 11) is -2.98. The molecule has 0 aromatic heterocycles. The molecule has 6 rings (SSSR count).